The van der Waals surface area contributed by atoms with Crippen molar-refractivity contribution in [3.8, 4) is 5.75 Å². The van der Waals surface area contributed by atoms with E-state index in [4.69, 9.17) is 4.74 Å². The topological polar surface area (TPSA) is 26.3 Å². The Labute approximate surface area is 90.6 Å². The van der Waals surface area contributed by atoms with Crippen LogP contribution in [0, 0.1) is 5.92 Å². The zero-order valence-corrected chi connectivity index (χ0v) is 8.98. The molecule has 0 saturated carbocycles. The van der Waals surface area contributed by atoms with E-state index in [1.54, 1.807) is 18.2 Å². The van der Waals surface area contributed by atoms with E-state index in [2.05, 4.69) is 6.58 Å². The molecule has 0 bridgehead atoms. The molecule has 1 aromatic carbocycles. The van der Waals surface area contributed by atoms with E-state index in [9.17, 15) is 4.79 Å². The number of ether oxygens (including phenoxy) is 1. The van der Waals surface area contributed by atoms with Crippen molar-refractivity contribution in [1.82, 2.24) is 0 Å². The Bertz CT molecular complexity index is 317. The van der Waals surface area contributed by atoms with E-state index in [-0.39, 0.29) is 11.9 Å². The zero-order valence-electron chi connectivity index (χ0n) is 8.98. The van der Waals surface area contributed by atoms with Crippen LogP contribution in [0.2, 0.25) is 0 Å². The summed E-state index contributed by atoms with van der Waals surface area (Å²) in [5, 5.41) is 0. The van der Waals surface area contributed by atoms with E-state index >= 15 is 0 Å². The predicted octanol–water partition coefficient (Wildman–Crippen LogP) is 3.19. The maximum atomic E-state index is 11.7. The van der Waals surface area contributed by atoms with Gasteiger partial charge in [0.1, 0.15) is 5.75 Å². The van der Waals surface area contributed by atoms with Crippen LogP contribution in [-0.2, 0) is 4.79 Å². The molecule has 0 saturated heterocycles. The van der Waals surface area contributed by atoms with Gasteiger partial charge in [0.2, 0.25) is 0 Å². The first-order valence-electron chi connectivity index (χ1n) is 5.15. The van der Waals surface area contributed by atoms with Crippen LogP contribution in [0.5, 0.6) is 5.75 Å². The van der Waals surface area contributed by atoms with Gasteiger partial charge in [0.05, 0.1) is 5.92 Å². The highest BCUT2D eigenvalue weighted by atomic mass is 16.5. The Morgan fingerprint density at radius 3 is 2.67 bits per heavy atom. The van der Waals surface area contributed by atoms with Crippen molar-refractivity contribution in [2.75, 3.05) is 0 Å². The first-order valence-corrected chi connectivity index (χ1v) is 5.15. The largest absolute Gasteiger partial charge is 0.426 e. The van der Waals surface area contributed by atoms with Crippen LogP contribution in [0.15, 0.2) is 43.0 Å². The van der Waals surface area contributed by atoms with Crippen molar-refractivity contribution < 1.29 is 9.53 Å². The fourth-order valence-corrected chi connectivity index (χ4v) is 1.32. The second kappa shape index (κ2) is 6.02. The van der Waals surface area contributed by atoms with E-state index in [0.717, 1.165) is 6.42 Å². The van der Waals surface area contributed by atoms with Crippen LogP contribution >= 0.6 is 0 Å². The normalized spacial score (nSPS) is 11.8. The van der Waals surface area contributed by atoms with Crippen LogP contribution in [-0.4, -0.2) is 5.97 Å². The van der Waals surface area contributed by atoms with E-state index in [0.29, 0.717) is 12.2 Å². The number of allylic oxidation sites excluding steroid dienone is 1. The molecule has 0 spiro atoms. The lowest BCUT2D eigenvalue weighted by atomic mass is 10.0. The average molecular weight is 204 g/mol. The van der Waals surface area contributed by atoms with Crippen molar-refractivity contribution in [1.29, 1.82) is 0 Å². The second-order valence-electron chi connectivity index (χ2n) is 3.36. The number of rotatable bonds is 5. The summed E-state index contributed by atoms with van der Waals surface area (Å²) < 4.78 is 5.23. The smallest absolute Gasteiger partial charge is 0.314 e. The van der Waals surface area contributed by atoms with Crippen LogP contribution in [0.4, 0.5) is 0 Å². The van der Waals surface area contributed by atoms with Crippen LogP contribution in [0.25, 0.3) is 0 Å². The van der Waals surface area contributed by atoms with Crippen LogP contribution < -0.4 is 4.74 Å². The van der Waals surface area contributed by atoms with Gasteiger partial charge in [-0.1, -0.05) is 31.2 Å². The number of para-hydroxylation sites is 1. The van der Waals surface area contributed by atoms with Gasteiger partial charge in [0.15, 0.2) is 0 Å². The number of carbonyl (C=O) groups is 1. The van der Waals surface area contributed by atoms with Crippen molar-refractivity contribution in [3.63, 3.8) is 0 Å². The average Bonchev–Trinajstić information content (AvgIpc) is 2.27. The minimum Gasteiger partial charge on any atom is -0.426 e. The summed E-state index contributed by atoms with van der Waals surface area (Å²) in [7, 11) is 0. The fourth-order valence-electron chi connectivity index (χ4n) is 1.32. The molecule has 1 rings (SSSR count). The van der Waals surface area contributed by atoms with Crippen molar-refractivity contribution in [2.45, 2.75) is 19.8 Å². The van der Waals surface area contributed by atoms with Crippen LogP contribution in [0.3, 0.4) is 0 Å². The number of hydrogen-bond acceptors (Lipinski definition) is 2. The Hall–Kier alpha value is -1.57. The molecular weight excluding hydrogens is 188 g/mol. The summed E-state index contributed by atoms with van der Waals surface area (Å²) in [5.41, 5.74) is 0. The van der Waals surface area contributed by atoms with E-state index in [1.165, 1.54) is 0 Å². The third kappa shape index (κ3) is 3.58. The maximum absolute atomic E-state index is 11.7. The molecule has 0 aromatic heterocycles. The maximum Gasteiger partial charge on any atom is 0.314 e. The molecule has 15 heavy (non-hydrogen) atoms. The first-order chi connectivity index (χ1) is 7.27. The quantitative estimate of drug-likeness (QED) is 0.418. The molecule has 0 heterocycles. The lowest BCUT2D eigenvalue weighted by Crippen LogP contribution is -2.19. The molecule has 0 amide bonds. The lowest BCUT2D eigenvalue weighted by molar-refractivity contribution is -0.138. The Kier molecular flexibility index (Phi) is 4.61. The molecule has 0 aliphatic rings. The summed E-state index contributed by atoms with van der Waals surface area (Å²) >= 11 is 0. The molecule has 1 aromatic rings. The predicted molar refractivity (Wildman–Crippen MR) is 60.7 cm³/mol. The zero-order chi connectivity index (χ0) is 11.1. The molecule has 0 fully saturated rings. The number of hydrogen-bond donors (Lipinski definition) is 0. The molecule has 0 N–H and O–H groups in total. The highest BCUT2D eigenvalue weighted by Crippen LogP contribution is 2.15. The Morgan fingerprint density at radius 2 is 2.13 bits per heavy atom. The van der Waals surface area contributed by atoms with Gasteiger partial charge in [0, 0.05) is 0 Å². The third-order valence-electron chi connectivity index (χ3n) is 2.24. The molecule has 0 aliphatic carbocycles. The van der Waals surface area contributed by atoms with Gasteiger partial charge in [-0.2, -0.15) is 0 Å². The molecule has 0 radical (unpaired) electrons. The van der Waals surface area contributed by atoms with Gasteiger partial charge in [-0.15, -0.1) is 6.58 Å². The molecule has 1 unspecified atom stereocenters. The van der Waals surface area contributed by atoms with Crippen molar-refractivity contribution >= 4 is 5.97 Å². The number of benzene rings is 1. The van der Waals surface area contributed by atoms with Gasteiger partial charge in [-0.3, -0.25) is 4.79 Å². The Morgan fingerprint density at radius 1 is 1.47 bits per heavy atom. The summed E-state index contributed by atoms with van der Waals surface area (Å²) in [4.78, 5) is 11.7. The minimum absolute atomic E-state index is 0.0808. The van der Waals surface area contributed by atoms with E-state index in [1.807, 2.05) is 25.1 Å². The van der Waals surface area contributed by atoms with Gasteiger partial charge in [-0.25, -0.2) is 0 Å². The van der Waals surface area contributed by atoms with Crippen molar-refractivity contribution in [2.24, 2.45) is 5.92 Å². The van der Waals surface area contributed by atoms with Gasteiger partial charge in [-0.05, 0) is 25.0 Å². The fraction of sp³-hybridized carbons (Fsp3) is 0.308. The summed E-state index contributed by atoms with van der Waals surface area (Å²) in [6.07, 6.45) is 3.19. The molecule has 2 nitrogen and oxygen atoms in total. The number of esters is 1. The SMILES string of the molecule is C=CCC(CC)C(=O)Oc1ccccc1. The van der Waals surface area contributed by atoms with Gasteiger partial charge >= 0.3 is 5.97 Å². The lowest BCUT2D eigenvalue weighted by Gasteiger charge is -2.11. The standard InChI is InChI=1S/C13H16O2/c1-3-8-11(4-2)13(14)15-12-9-6-5-7-10-12/h3,5-7,9-11H,1,4,8H2,2H3. The monoisotopic (exact) mass is 204 g/mol. The summed E-state index contributed by atoms with van der Waals surface area (Å²) in [6.45, 7) is 5.60. The third-order valence-corrected chi connectivity index (χ3v) is 2.24. The molecule has 80 valence electrons. The van der Waals surface area contributed by atoms with Gasteiger partial charge < -0.3 is 4.74 Å². The summed E-state index contributed by atoms with van der Waals surface area (Å²) in [6, 6.07) is 9.13. The minimum atomic E-state index is -0.177. The van der Waals surface area contributed by atoms with Gasteiger partial charge in [0.25, 0.3) is 0 Å². The second-order valence-corrected chi connectivity index (χ2v) is 3.36. The highest BCUT2D eigenvalue weighted by molar-refractivity contribution is 5.75. The molecule has 0 aliphatic heterocycles. The summed E-state index contributed by atoms with van der Waals surface area (Å²) in [5.74, 6) is 0.344. The number of carbonyl (C=O) groups excluding carboxylic acids is 1. The molecule has 2 heteroatoms. The van der Waals surface area contributed by atoms with E-state index < -0.39 is 0 Å². The van der Waals surface area contributed by atoms with Crippen LogP contribution in [0.1, 0.15) is 19.8 Å². The highest BCUT2D eigenvalue weighted by Gasteiger charge is 2.16. The Balaban J connectivity index is 2.58. The first kappa shape index (κ1) is 11.5. The van der Waals surface area contributed by atoms with Crippen molar-refractivity contribution in [3.05, 3.63) is 43.0 Å². The molecular formula is C13H16O2. The molecule has 1 atom stereocenters.